The molecule has 2 atom stereocenters. The average Bonchev–Trinajstić information content (AvgIpc) is 2.75. The molecule has 32 heavy (non-hydrogen) atoms. The van der Waals surface area contributed by atoms with E-state index < -0.39 is 0 Å². The van der Waals surface area contributed by atoms with E-state index in [1.165, 1.54) is 16.7 Å². The zero-order chi connectivity index (χ0) is 22.5. The first kappa shape index (κ1) is 21.9. The molecule has 0 bridgehead atoms. The zero-order valence-corrected chi connectivity index (χ0v) is 19.1. The summed E-state index contributed by atoms with van der Waals surface area (Å²) >= 11 is 0. The summed E-state index contributed by atoms with van der Waals surface area (Å²) in [5, 5.41) is 7.03. The number of aryl methyl sites for hydroxylation is 2. The van der Waals surface area contributed by atoms with Crippen molar-refractivity contribution in [1.82, 2.24) is 9.88 Å². The second-order valence-corrected chi connectivity index (χ2v) is 8.74. The molecule has 5 heteroatoms. The van der Waals surface area contributed by atoms with Gasteiger partial charge in [-0.25, -0.2) is 4.98 Å². The Labute approximate surface area is 190 Å². The third-order valence-electron chi connectivity index (χ3n) is 6.09. The maximum absolute atomic E-state index is 13.2. The number of likely N-dealkylation sites (tertiary alicyclic amines) is 1. The van der Waals surface area contributed by atoms with E-state index in [0.717, 1.165) is 30.8 Å². The number of nitrogens with one attached hydrogen (secondary N) is 2. The molecule has 3 aromatic rings. The minimum Gasteiger partial charge on any atom is -0.376 e. The number of benzene rings is 2. The van der Waals surface area contributed by atoms with Crippen LogP contribution in [0.5, 0.6) is 0 Å². The van der Waals surface area contributed by atoms with Gasteiger partial charge < -0.3 is 15.5 Å². The van der Waals surface area contributed by atoms with Crippen molar-refractivity contribution >= 4 is 17.4 Å². The van der Waals surface area contributed by atoms with Gasteiger partial charge >= 0.3 is 0 Å². The highest BCUT2D eigenvalue weighted by atomic mass is 16.2. The molecular formula is C27H32N4O. The van der Waals surface area contributed by atoms with Gasteiger partial charge in [-0.2, -0.15) is 0 Å². The molecule has 1 amide bonds. The number of amides is 1. The van der Waals surface area contributed by atoms with Gasteiger partial charge in [0.25, 0.3) is 0 Å². The third-order valence-corrected chi connectivity index (χ3v) is 6.09. The van der Waals surface area contributed by atoms with Crippen LogP contribution in [0.3, 0.4) is 0 Å². The van der Waals surface area contributed by atoms with E-state index in [0.29, 0.717) is 12.2 Å². The maximum atomic E-state index is 13.2. The number of rotatable bonds is 8. The molecule has 5 nitrogen and oxygen atoms in total. The highest BCUT2D eigenvalue weighted by Crippen LogP contribution is 2.26. The molecule has 0 spiro atoms. The number of hydrogen-bond donors (Lipinski definition) is 2. The van der Waals surface area contributed by atoms with Crippen LogP contribution in [0.4, 0.5) is 11.5 Å². The van der Waals surface area contributed by atoms with Gasteiger partial charge in [0.05, 0.1) is 5.69 Å². The quantitative estimate of drug-likeness (QED) is 0.522. The Kier molecular flexibility index (Phi) is 6.74. The molecule has 1 fully saturated rings. The Morgan fingerprint density at radius 1 is 0.969 bits per heavy atom. The van der Waals surface area contributed by atoms with Crippen LogP contribution < -0.4 is 10.6 Å². The van der Waals surface area contributed by atoms with E-state index in [4.69, 9.17) is 0 Å². The van der Waals surface area contributed by atoms with Crippen LogP contribution in [0.15, 0.2) is 66.9 Å². The van der Waals surface area contributed by atoms with Crippen molar-refractivity contribution in [2.45, 2.75) is 45.7 Å². The highest BCUT2D eigenvalue weighted by Gasteiger charge is 2.29. The second-order valence-electron chi connectivity index (χ2n) is 8.74. The summed E-state index contributed by atoms with van der Waals surface area (Å²) in [6.07, 6.45) is 3.47. The summed E-state index contributed by atoms with van der Waals surface area (Å²) in [7, 11) is 0. The molecule has 1 saturated heterocycles. The molecule has 2 N–H and O–H groups in total. The fourth-order valence-corrected chi connectivity index (χ4v) is 3.89. The first-order chi connectivity index (χ1) is 15.5. The molecule has 0 saturated carbocycles. The summed E-state index contributed by atoms with van der Waals surface area (Å²) in [6.45, 7) is 7.97. The van der Waals surface area contributed by atoms with Gasteiger partial charge in [0.15, 0.2) is 0 Å². The van der Waals surface area contributed by atoms with E-state index in [1.54, 1.807) is 6.20 Å². The lowest BCUT2D eigenvalue weighted by Gasteiger charge is -2.34. The minimum absolute atomic E-state index is 0.113. The molecule has 1 aliphatic rings. The first-order valence-corrected chi connectivity index (χ1v) is 11.4. The van der Waals surface area contributed by atoms with Crippen LogP contribution in [0, 0.1) is 13.8 Å². The van der Waals surface area contributed by atoms with E-state index in [9.17, 15) is 4.79 Å². The van der Waals surface area contributed by atoms with Crippen molar-refractivity contribution in [3.63, 3.8) is 0 Å². The number of nitrogens with zero attached hydrogens (tertiary/aromatic N) is 2. The fourth-order valence-electron chi connectivity index (χ4n) is 3.89. The van der Waals surface area contributed by atoms with E-state index in [-0.39, 0.29) is 18.0 Å². The summed E-state index contributed by atoms with van der Waals surface area (Å²) in [5.41, 5.74) is 5.70. The van der Waals surface area contributed by atoms with Crippen molar-refractivity contribution in [1.29, 1.82) is 0 Å². The maximum Gasteiger partial charge on any atom is 0.245 e. The van der Waals surface area contributed by atoms with Crippen molar-refractivity contribution in [2.75, 3.05) is 23.7 Å². The summed E-state index contributed by atoms with van der Waals surface area (Å²) in [4.78, 5) is 19.7. The predicted octanol–water partition coefficient (Wildman–Crippen LogP) is 5.13. The van der Waals surface area contributed by atoms with Gasteiger partial charge in [0, 0.05) is 31.7 Å². The molecule has 4 rings (SSSR count). The topological polar surface area (TPSA) is 57.3 Å². The smallest absolute Gasteiger partial charge is 0.245 e. The summed E-state index contributed by atoms with van der Waals surface area (Å²) in [5.74, 6) is 0.845. The number of aromatic nitrogens is 1. The Morgan fingerprint density at radius 3 is 2.25 bits per heavy atom. The summed E-state index contributed by atoms with van der Waals surface area (Å²) in [6, 6.07) is 20.6. The van der Waals surface area contributed by atoms with Crippen molar-refractivity contribution in [3.8, 4) is 0 Å². The van der Waals surface area contributed by atoms with Gasteiger partial charge in [0.1, 0.15) is 11.9 Å². The zero-order valence-electron chi connectivity index (χ0n) is 19.1. The number of hydrogen-bond acceptors (Lipinski definition) is 4. The van der Waals surface area contributed by atoms with Gasteiger partial charge in [-0.05, 0) is 50.5 Å². The molecule has 166 valence electrons. The van der Waals surface area contributed by atoms with Crippen LogP contribution in [-0.4, -0.2) is 34.9 Å². The number of carbonyl (C=O) groups excluding carboxylic acids is 1. The highest BCUT2D eigenvalue weighted by molar-refractivity contribution is 5.86. The molecule has 2 unspecified atom stereocenters. The van der Waals surface area contributed by atoms with E-state index in [2.05, 4.69) is 84.9 Å². The minimum atomic E-state index is -0.358. The van der Waals surface area contributed by atoms with Crippen LogP contribution in [-0.2, 0) is 11.2 Å². The number of anilines is 2. The summed E-state index contributed by atoms with van der Waals surface area (Å²) < 4.78 is 0. The van der Waals surface area contributed by atoms with Crippen molar-refractivity contribution in [3.05, 3.63) is 89.1 Å². The lowest BCUT2D eigenvalue weighted by molar-refractivity contribution is -0.135. The van der Waals surface area contributed by atoms with Gasteiger partial charge in [0.2, 0.25) is 5.91 Å². The predicted molar refractivity (Wildman–Crippen MR) is 131 cm³/mol. The number of pyridine rings is 1. The molecule has 0 aliphatic carbocycles. The van der Waals surface area contributed by atoms with Crippen molar-refractivity contribution < 1.29 is 4.79 Å². The normalized spacial score (nSPS) is 14.9. The lowest BCUT2D eigenvalue weighted by Crippen LogP contribution is -2.50. The van der Waals surface area contributed by atoms with Crippen LogP contribution >= 0.6 is 0 Å². The second kappa shape index (κ2) is 9.86. The molecule has 1 aromatic heterocycles. The third kappa shape index (κ3) is 5.28. The number of carbonyl (C=O) groups is 1. The van der Waals surface area contributed by atoms with Gasteiger partial charge in [-0.1, -0.05) is 59.7 Å². The Balaban J connectivity index is 1.54. The molecule has 2 heterocycles. The Bertz CT molecular complexity index is 1040. The molecule has 0 radical (unpaired) electrons. The molecular weight excluding hydrogens is 396 g/mol. The monoisotopic (exact) mass is 428 g/mol. The van der Waals surface area contributed by atoms with Crippen LogP contribution in [0.25, 0.3) is 0 Å². The van der Waals surface area contributed by atoms with Crippen molar-refractivity contribution in [2.24, 2.45) is 0 Å². The average molecular weight is 429 g/mol. The molecule has 2 aromatic carbocycles. The Hall–Kier alpha value is -3.34. The van der Waals surface area contributed by atoms with E-state index >= 15 is 0 Å². The van der Waals surface area contributed by atoms with Crippen LogP contribution in [0.2, 0.25) is 0 Å². The standard InChI is InChI=1S/C27H32N4O/c1-19-7-11-22(12-8-19)18-25(27(32)31-16-5-17-31)30-26-24(6-4-15-28-26)29-21(3)23-13-9-20(2)10-14-23/h4,6-15,21,25,29H,5,16-18H2,1-3H3,(H,28,30). The van der Waals surface area contributed by atoms with E-state index in [1.807, 2.05) is 17.0 Å². The van der Waals surface area contributed by atoms with Crippen LogP contribution in [0.1, 0.15) is 41.6 Å². The first-order valence-electron chi connectivity index (χ1n) is 11.4. The fraction of sp³-hybridized carbons (Fsp3) is 0.333. The SMILES string of the molecule is Cc1ccc(CC(Nc2ncccc2NC(C)c2ccc(C)cc2)C(=O)N2CCC2)cc1. The lowest BCUT2D eigenvalue weighted by atomic mass is 10.0. The molecule has 1 aliphatic heterocycles. The van der Waals surface area contributed by atoms with Gasteiger partial charge in [-0.15, -0.1) is 0 Å². The van der Waals surface area contributed by atoms with Gasteiger partial charge in [-0.3, -0.25) is 4.79 Å². The largest absolute Gasteiger partial charge is 0.376 e. The Morgan fingerprint density at radius 2 is 1.62 bits per heavy atom.